The van der Waals surface area contributed by atoms with Gasteiger partial charge in [-0.1, -0.05) is 6.07 Å². The van der Waals surface area contributed by atoms with Gasteiger partial charge in [0.05, 0.1) is 18.8 Å². The number of rotatable bonds is 3. The van der Waals surface area contributed by atoms with Crippen LogP contribution in [0.1, 0.15) is 34.1 Å². The quantitative estimate of drug-likeness (QED) is 0.885. The molecule has 1 aliphatic rings. The van der Waals surface area contributed by atoms with Gasteiger partial charge in [0.25, 0.3) is 5.91 Å². The molecule has 1 fully saturated rings. The van der Waals surface area contributed by atoms with Gasteiger partial charge in [-0.2, -0.15) is 0 Å². The van der Waals surface area contributed by atoms with Gasteiger partial charge >= 0.3 is 0 Å². The van der Waals surface area contributed by atoms with E-state index in [4.69, 9.17) is 10.5 Å². The first-order valence-electron chi connectivity index (χ1n) is 6.98. The molecule has 0 radical (unpaired) electrons. The van der Waals surface area contributed by atoms with Crippen molar-refractivity contribution in [1.29, 1.82) is 0 Å². The molecule has 1 amide bonds. The number of amides is 1. The first-order valence-corrected chi connectivity index (χ1v) is 7.86. The molecule has 0 aliphatic carbocycles. The average molecular weight is 302 g/mol. The standard InChI is InChI=1S/C16H18N2O2S/c1-20-14-10-11(6-7-12(14)17)16(19)18-8-2-4-13(18)15-5-3-9-21-15/h3,5-7,9-10,13H,2,4,8,17H2,1H3. The number of ether oxygens (including phenoxy) is 1. The van der Waals surface area contributed by atoms with Crippen molar-refractivity contribution in [3.63, 3.8) is 0 Å². The van der Waals surface area contributed by atoms with E-state index in [-0.39, 0.29) is 11.9 Å². The third kappa shape index (κ3) is 2.61. The molecule has 3 rings (SSSR count). The topological polar surface area (TPSA) is 55.6 Å². The van der Waals surface area contributed by atoms with E-state index in [1.807, 2.05) is 11.0 Å². The van der Waals surface area contributed by atoms with Gasteiger partial charge in [0.2, 0.25) is 0 Å². The molecule has 2 aromatic rings. The third-order valence-electron chi connectivity index (χ3n) is 3.87. The molecule has 21 heavy (non-hydrogen) atoms. The summed E-state index contributed by atoms with van der Waals surface area (Å²) in [5.74, 6) is 0.594. The Hall–Kier alpha value is -2.01. The van der Waals surface area contributed by atoms with Crippen LogP contribution in [0.2, 0.25) is 0 Å². The maximum atomic E-state index is 12.8. The second kappa shape index (κ2) is 5.77. The van der Waals surface area contributed by atoms with E-state index in [1.165, 1.54) is 4.88 Å². The molecular formula is C16H18N2O2S. The lowest BCUT2D eigenvalue weighted by Crippen LogP contribution is -2.30. The monoisotopic (exact) mass is 302 g/mol. The molecule has 110 valence electrons. The van der Waals surface area contributed by atoms with Gasteiger partial charge < -0.3 is 15.4 Å². The minimum atomic E-state index is 0.0456. The van der Waals surface area contributed by atoms with Crippen molar-refractivity contribution < 1.29 is 9.53 Å². The van der Waals surface area contributed by atoms with Crippen LogP contribution in [-0.2, 0) is 0 Å². The Labute approximate surface area is 128 Å². The molecule has 5 heteroatoms. The van der Waals surface area contributed by atoms with E-state index >= 15 is 0 Å². The number of carbonyl (C=O) groups excluding carboxylic acids is 1. The fraction of sp³-hybridized carbons (Fsp3) is 0.312. The largest absolute Gasteiger partial charge is 0.495 e. The van der Waals surface area contributed by atoms with E-state index in [0.717, 1.165) is 19.4 Å². The van der Waals surface area contributed by atoms with Crippen molar-refractivity contribution in [1.82, 2.24) is 4.90 Å². The zero-order chi connectivity index (χ0) is 14.8. The highest BCUT2D eigenvalue weighted by Gasteiger charge is 2.31. The number of nitrogens with zero attached hydrogens (tertiary/aromatic N) is 1. The highest BCUT2D eigenvalue weighted by molar-refractivity contribution is 7.10. The molecule has 1 saturated heterocycles. The highest BCUT2D eigenvalue weighted by Crippen LogP contribution is 2.36. The van der Waals surface area contributed by atoms with Crippen molar-refractivity contribution in [2.75, 3.05) is 19.4 Å². The summed E-state index contributed by atoms with van der Waals surface area (Å²) in [4.78, 5) is 16.0. The minimum Gasteiger partial charge on any atom is -0.495 e. The van der Waals surface area contributed by atoms with Crippen LogP contribution in [-0.4, -0.2) is 24.5 Å². The fourth-order valence-corrected chi connectivity index (χ4v) is 3.67. The Morgan fingerprint density at radius 1 is 1.43 bits per heavy atom. The Bertz CT molecular complexity index is 640. The highest BCUT2D eigenvalue weighted by atomic mass is 32.1. The SMILES string of the molecule is COc1cc(C(=O)N2CCCC2c2cccs2)ccc1N. The molecule has 4 nitrogen and oxygen atoms in total. The van der Waals surface area contributed by atoms with Crippen molar-refractivity contribution in [2.24, 2.45) is 0 Å². The zero-order valence-corrected chi connectivity index (χ0v) is 12.7. The summed E-state index contributed by atoms with van der Waals surface area (Å²) in [6.07, 6.45) is 2.07. The number of likely N-dealkylation sites (tertiary alicyclic amines) is 1. The van der Waals surface area contributed by atoms with Crippen LogP contribution in [0.5, 0.6) is 5.75 Å². The molecule has 1 aromatic carbocycles. The minimum absolute atomic E-state index is 0.0456. The first kappa shape index (κ1) is 13.9. The van der Waals surface area contributed by atoms with Crippen LogP contribution in [0.4, 0.5) is 5.69 Å². The Morgan fingerprint density at radius 3 is 3.00 bits per heavy atom. The zero-order valence-electron chi connectivity index (χ0n) is 11.9. The van der Waals surface area contributed by atoms with Gasteiger partial charge in [0, 0.05) is 17.0 Å². The summed E-state index contributed by atoms with van der Waals surface area (Å²) < 4.78 is 5.20. The van der Waals surface area contributed by atoms with E-state index in [9.17, 15) is 4.79 Å². The maximum absolute atomic E-state index is 12.8. The van der Waals surface area contributed by atoms with Gasteiger partial charge in [-0.15, -0.1) is 11.3 Å². The van der Waals surface area contributed by atoms with Crippen LogP contribution in [0.15, 0.2) is 35.7 Å². The summed E-state index contributed by atoms with van der Waals surface area (Å²) in [5.41, 5.74) is 6.99. The molecule has 1 atom stereocenters. The van der Waals surface area contributed by atoms with Crippen molar-refractivity contribution in [2.45, 2.75) is 18.9 Å². The molecule has 0 saturated carbocycles. The summed E-state index contributed by atoms with van der Waals surface area (Å²) in [6, 6.07) is 9.55. The molecule has 1 aliphatic heterocycles. The van der Waals surface area contributed by atoms with Crippen LogP contribution in [0, 0.1) is 0 Å². The van der Waals surface area contributed by atoms with Crippen molar-refractivity contribution in [3.8, 4) is 5.75 Å². The summed E-state index contributed by atoms with van der Waals surface area (Å²) in [6.45, 7) is 0.800. The fourth-order valence-electron chi connectivity index (χ4n) is 2.80. The van der Waals surface area contributed by atoms with Crippen molar-refractivity contribution >= 4 is 22.9 Å². The number of carbonyl (C=O) groups is 1. The number of benzene rings is 1. The third-order valence-corrected chi connectivity index (χ3v) is 4.84. The number of nitrogens with two attached hydrogens (primary N) is 1. The van der Waals surface area contributed by atoms with E-state index in [2.05, 4.69) is 11.4 Å². The lowest BCUT2D eigenvalue weighted by molar-refractivity contribution is 0.0737. The van der Waals surface area contributed by atoms with Gasteiger partial charge in [-0.3, -0.25) is 4.79 Å². The van der Waals surface area contributed by atoms with Crippen LogP contribution in [0.25, 0.3) is 0 Å². The van der Waals surface area contributed by atoms with E-state index in [1.54, 1.807) is 36.6 Å². The molecule has 1 unspecified atom stereocenters. The van der Waals surface area contributed by atoms with E-state index in [0.29, 0.717) is 17.0 Å². The lowest BCUT2D eigenvalue weighted by atomic mass is 10.1. The van der Waals surface area contributed by atoms with E-state index < -0.39 is 0 Å². The predicted octanol–water partition coefficient (Wildman–Crippen LogP) is 3.32. The smallest absolute Gasteiger partial charge is 0.254 e. The summed E-state index contributed by atoms with van der Waals surface area (Å²) >= 11 is 1.71. The summed E-state index contributed by atoms with van der Waals surface area (Å²) in [7, 11) is 1.56. The summed E-state index contributed by atoms with van der Waals surface area (Å²) in [5, 5.41) is 2.06. The number of thiophene rings is 1. The van der Waals surface area contributed by atoms with Crippen molar-refractivity contribution in [3.05, 3.63) is 46.2 Å². The number of nitrogen functional groups attached to an aromatic ring is 1. The second-order valence-corrected chi connectivity index (χ2v) is 6.11. The van der Waals surface area contributed by atoms with Gasteiger partial charge in [-0.05, 0) is 42.5 Å². The molecule has 1 aromatic heterocycles. The number of hydrogen-bond donors (Lipinski definition) is 1. The van der Waals surface area contributed by atoms with Gasteiger partial charge in [0.1, 0.15) is 5.75 Å². The normalized spacial score (nSPS) is 18.0. The van der Waals surface area contributed by atoms with Crippen LogP contribution < -0.4 is 10.5 Å². The molecular weight excluding hydrogens is 284 g/mol. The number of anilines is 1. The Morgan fingerprint density at radius 2 is 2.29 bits per heavy atom. The van der Waals surface area contributed by atoms with Gasteiger partial charge in [0.15, 0.2) is 0 Å². The number of methoxy groups -OCH3 is 1. The molecule has 2 N–H and O–H groups in total. The molecule has 0 spiro atoms. The van der Waals surface area contributed by atoms with Gasteiger partial charge in [-0.25, -0.2) is 0 Å². The predicted molar refractivity (Wildman–Crippen MR) is 84.7 cm³/mol. The first-order chi connectivity index (χ1) is 10.2. The molecule has 2 heterocycles. The van der Waals surface area contributed by atoms with Crippen LogP contribution in [0.3, 0.4) is 0 Å². The van der Waals surface area contributed by atoms with Crippen LogP contribution >= 0.6 is 11.3 Å². The Balaban J connectivity index is 1.87. The average Bonchev–Trinajstić information content (AvgIpc) is 3.17. The number of hydrogen-bond acceptors (Lipinski definition) is 4. The Kier molecular flexibility index (Phi) is 3.84. The second-order valence-electron chi connectivity index (χ2n) is 5.13. The maximum Gasteiger partial charge on any atom is 0.254 e. The lowest BCUT2D eigenvalue weighted by Gasteiger charge is -2.24. The molecule has 0 bridgehead atoms.